The molecule has 0 aliphatic rings. The second kappa shape index (κ2) is 6.62. The van der Waals surface area contributed by atoms with Crippen molar-refractivity contribution in [1.29, 1.82) is 5.26 Å². The van der Waals surface area contributed by atoms with Gasteiger partial charge in [0.15, 0.2) is 6.61 Å². The van der Waals surface area contributed by atoms with Crippen molar-refractivity contribution in [3.05, 3.63) is 23.3 Å². The Morgan fingerprint density at radius 2 is 2.18 bits per heavy atom. The molecule has 1 N–H and O–H groups in total. The van der Waals surface area contributed by atoms with E-state index in [9.17, 15) is 9.59 Å². The van der Waals surface area contributed by atoms with Crippen LogP contribution in [0.3, 0.4) is 0 Å². The average molecular weight is 302 g/mol. The van der Waals surface area contributed by atoms with E-state index < -0.39 is 18.5 Å². The maximum Gasteiger partial charge on any atom is 0.378 e. The van der Waals surface area contributed by atoms with Gasteiger partial charge in [-0.2, -0.15) is 10.2 Å². The first-order valence-corrected chi connectivity index (χ1v) is 6.53. The molecule has 9 nitrogen and oxygen atoms in total. The van der Waals surface area contributed by atoms with Crippen molar-refractivity contribution in [1.82, 2.24) is 24.9 Å². The molecule has 0 atom stereocenters. The van der Waals surface area contributed by atoms with Crippen molar-refractivity contribution in [3.63, 3.8) is 0 Å². The van der Waals surface area contributed by atoms with E-state index >= 15 is 0 Å². The van der Waals surface area contributed by atoms with Crippen molar-refractivity contribution >= 4 is 17.7 Å². The largest absolute Gasteiger partial charge is 0.450 e. The highest BCUT2D eigenvalue weighted by Crippen LogP contribution is 2.06. The molecule has 0 radical (unpaired) electrons. The summed E-state index contributed by atoms with van der Waals surface area (Å²) in [7, 11) is 0. The standard InChI is InChI=1S/C13H14N6O3/c1-8-6-9(2)19-13(16-8)17-11(18-19)12(21)22-7-10(20)15-5-3-4-14/h6H,3,5,7H2,1-2H3,(H,15,20). The number of esters is 1. The second-order valence-corrected chi connectivity index (χ2v) is 4.52. The molecule has 22 heavy (non-hydrogen) atoms. The highest BCUT2D eigenvalue weighted by Gasteiger charge is 2.17. The Morgan fingerprint density at radius 3 is 2.91 bits per heavy atom. The summed E-state index contributed by atoms with van der Waals surface area (Å²) in [5.41, 5.74) is 1.54. The second-order valence-electron chi connectivity index (χ2n) is 4.52. The first kappa shape index (κ1) is 15.4. The predicted octanol–water partition coefficient (Wildman–Crippen LogP) is -0.0722. The maximum absolute atomic E-state index is 11.8. The van der Waals surface area contributed by atoms with Gasteiger partial charge in [-0.05, 0) is 19.9 Å². The van der Waals surface area contributed by atoms with Crippen LogP contribution in [-0.4, -0.2) is 44.6 Å². The van der Waals surface area contributed by atoms with Gasteiger partial charge < -0.3 is 10.1 Å². The molecular weight excluding hydrogens is 288 g/mol. The molecule has 2 heterocycles. The third-order valence-corrected chi connectivity index (χ3v) is 2.69. The fourth-order valence-corrected chi connectivity index (χ4v) is 1.76. The number of nitriles is 1. The molecule has 0 unspecified atom stereocenters. The van der Waals surface area contributed by atoms with E-state index in [2.05, 4.69) is 20.4 Å². The van der Waals surface area contributed by atoms with Gasteiger partial charge >= 0.3 is 5.97 Å². The van der Waals surface area contributed by atoms with E-state index in [0.717, 1.165) is 11.4 Å². The average Bonchev–Trinajstić information content (AvgIpc) is 2.89. The quantitative estimate of drug-likeness (QED) is 0.605. The van der Waals surface area contributed by atoms with Gasteiger partial charge in [0.2, 0.25) is 0 Å². The Hall–Kier alpha value is -3.02. The van der Waals surface area contributed by atoms with Crippen molar-refractivity contribution in [2.45, 2.75) is 20.3 Å². The highest BCUT2D eigenvalue weighted by molar-refractivity contribution is 5.88. The minimum atomic E-state index is -0.807. The van der Waals surface area contributed by atoms with Gasteiger partial charge in [-0.3, -0.25) is 4.79 Å². The number of carbonyl (C=O) groups is 2. The number of hydrogen-bond donors (Lipinski definition) is 1. The van der Waals surface area contributed by atoms with Crippen LogP contribution in [0.5, 0.6) is 0 Å². The minimum Gasteiger partial charge on any atom is -0.450 e. The summed E-state index contributed by atoms with van der Waals surface area (Å²) in [4.78, 5) is 31.3. The molecule has 0 fully saturated rings. The monoisotopic (exact) mass is 302 g/mol. The maximum atomic E-state index is 11.8. The molecule has 2 aromatic heterocycles. The Kier molecular flexibility index (Phi) is 4.63. The van der Waals surface area contributed by atoms with Gasteiger partial charge in [-0.15, -0.1) is 5.10 Å². The predicted molar refractivity (Wildman–Crippen MR) is 73.8 cm³/mol. The van der Waals surface area contributed by atoms with Crippen LogP contribution >= 0.6 is 0 Å². The molecular formula is C13H14N6O3. The molecule has 0 aromatic carbocycles. The molecule has 114 valence electrons. The van der Waals surface area contributed by atoms with E-state index in [4.69, 9.17) is 10.00 Å². The van der Waals surface area contributed by atoms with Crippen molar-refractivity contribution in [3.8, 4) is 6.07 Å². The summed E-state index contributed by atoms with van der Waals surface area (Å²) in [6.45, 7) is 3.38. The zero-order chi connectivity index (χ0) is 16.1. The zero-order valence-corrected chi connectivity index (χ0v) is 12.2. The SMILES string of the molecule is Cc1cc(C)n2nc(C(=O)OCC(=O)NCCC#N)nc2n1. The molecule has 1 amide bonds. The summed E-state index contributed by atoms with van der Waals surface area (Å²) >= 11 is 0. The summed E-state index contributed by atoms with van der Waals surface area (Å²) in [6.07, 6.45) is 0.192. The van der Waals surface area contributed by atoms with Crippen molar-refractivity contribution < 1.29 is 14.3 Å². The van der Waals surface area contributed by atoms with E-state index in [0.29, 0.717) is 5.78 Å². The lowest BCUT2D eigenvalue weighted by Crippen LogP contribution is -2.29. The number of amides is 1. The summed E-state index contributed by atoms with van der Waals surface area (Å²) in [5, 5.41) is 14.8. The number of fused-ring (bicyclic) bond motifs is 1. The molecule has 0 spiro atoms. The molecule has 2 rings (SSSR count). The highest BCUT2D eigenvalue weighted by atomic mass is 16.5. The van der Waals surface area contributed by atoms with Crippen LogP contribution in [-0.2, 0) is 9.53 Å². The normalized spacial score (nSPS) is 10.2. The number of nitrogens with zero attached hydrogens (tertiary/aromatic N) is 5. The van der Waals surface area contributed by atoms with E-state index in [-0.39, 0.29) is 18.8 Å². The zero-order valence-electron chi connectivity index (χ0n) is 12.2. The number of nitrogens with one attached hydrogen (secondary N) is 1. The molecule has 0 aliphatic heterocycles. The molecule has 0 aliphatic carbocycles. The van der Waals surface area contributed by atoms with Gasteiger partial charge in [0.1, 0.15) is 0 Å². The number of aromatic nitrogens is 4. The van der Waals surface area contributed by atoms with Crippen LogP contribution in [0.4, 0.5) is 0 Å². The third kappa shape index (κ3) is 3.54. The van der Waals surface area contributed by atoms with E-state index in [1.54, 1.807) is 6.07 Å². The van der Waals surface area contributed by atoms with Gasteiger partial charge in [0.25, 0.3) is 17.5 Å². The van der Waals surface area contributed by atoms with Crippen molar-refractivity contribution in [2.75, 3.05) is 13.2 Å². The smallest absolute Gasteiger partial charge is 0.378 e. The molecule has 2 aromatic rings. The van der Waals surface area contributed by atoms with Gasteiger partial charge in [-0.1, -0.05) is 0 Å². The van der Waals surface area contributed by atoms with Crippen molar-refractivity contribution in [2.24, 2.45) is 0 Å². The third-order valence-electron chi connectivity index (χ3n) is 2.69. The van der Waals surface area contributed by atoms with Gasteiger partial charge in [0.05, 0.1) is 12.5 Å². The fourth-order valence-electron chi connectivity index (χ4n) is 1.76. The van der Waals surface area contributed by atoms with Crippen LogP contribution in [0.25, 0.3) is 5.78 Å². The Bertz CT molecular complexity index is 761. The Labute approximate surface area is 125 Å². The van der Waals surface area contributed by atoms with Crippen LogP contribution in [0.2, 0.25) is 0 Å². The van der Waals surface area contributed by atoms with E-state index in [1.165, 1.54) is 4.52 Å². The van der Waals surface area contributed by atoms with E-state index in [1.807, 2.05) is 19.9 Å². The molecule has 0 saturated heterocycles. The molecule has 0 saturated carbocycles. The summed E-state index contributed by atoms with van der Waals surface area (Å²) in [5.74, 6) is -1.16. The Balaban J connectivity index is 2.00. The first-order chi connectivity index (χ1) is 10.5. The first-order valence-electron chi connectivity index (χ1n) is 6.53. The molecule has 0 bridgehead atoms. The lowest BCUT2D eigenvalue weighted by molar-refractivity contribution is -0.124. The number of rotatable bonds is 5. The van der Waals surface area contributed by atoms with Crippen LogP contribution in [0.15, 0.2) is 6.07 Å². The van der Waals surface area contributed by atoms with Crippen LogP contribution in [0, 0.1) is 25.2 Å². The lowest BCUT2D eigenvalue weighted by Gasteiger charge is -2.02. The summed E-state index contributed by atoms with van der Waals surface area (Å²) in [6, 6.07) is 3.69. The molecule has 9 heteroatoms. The lowest BCUT2D eigenvalue weighted by atomic mass is 10.4. The number of hydrogen-bond acceptors (Lipinski definition) is 7. The number of ether oxygens (including phenoxy) is 1. The topological polar surface area (TPSA) is 122 Å². The van der Waals surface area contributed by atoms with Gasteiger partial charge in [0, 0.05) is 17.9 Å². The van der Waals surface area contributed by atoms with Crippen LogP contribution < -0.4 is 5.32 Å². The minimum absolute atomic E-state index is 0.161. The Morgan fingerprint density at radius 1 is 1.41 bits per heavy atom. The van der Waals surface area contributed by atoms with Crippen LogP contribution in [0.1, 0.15) is 28.4 Å². The number of carbonyl (C=O) groups excluding carboxylic acids is 2. The van der Waals surface area contributed by atoms with Gasteiger partial charge in [-0.25, -0.2) is 14.3 Å². The summed E-state index contributed by atoms with van der Waals surface area (Å²) < 4.78 is 6.25. The number of aryl methyl sites for hydroxylation is 2. The fraction of sp³-hybridized carbons (Fsp3) is 0.385.